The van der Waals surface area contributed by atoms with Gasteiger partial charge in [-0.1, -0.05) is 19.3 Å². The van der Waals surface area contributed by atoms with Gasteiger partial charge < -0.3 is 9.47 Å². The Morgan fingerprint density at radius 3 is 1.75 bits per heavy atom. The number of ether oxygens (including phenoxy) is 2. The smallest absolute Gasteiger partial charge is 0.323 e. The van der Waals surface area contributed by atoms with Gasteiger partial charge in [-0.15, -0.1) is 0 Å². The van der Waals surface area contributed by atoms with Crippen LogP contribution in [0.4, 0.5) is 0 Å². The molecule has 0 bridgehead atoms. The van der Waals surface area contributed by atoms with Gasteiger partial charge in [0.15, 0.2) is 5.41 Å². The molecule has 0 radical (unpaired) electrons. The second-order valence-corrected chi connectivity index (χ2v) is 4.62. The minimum Gasteiger partial charge on any atom is -0.465 e. The maximum Gasteiger partial charge on any atom is 0.323 e. The van der Waals surface area contributed by atoms with Crippen LogP contribution in [0.15, 0.2) is 0 Å². The van der Waals surface area contributed by atoms with Crippen LogP contribution in [0.1, 0.15) is 44.9 Å². The molecule has 4 nitrogen and oxygen atoms in total. The van der Waals surface area contributed by atoms with E-state index in [1.807, 2.05) is 0 Å². The maximum atomic E-state index is 12.0. The van der Waals surface area contributed by atoms with Crippen molar-refractivity contribution in [2.45, 2.75) is 44.9 Å². The maximum absolute atomic E-state index is 12.0. The fourth-order valence-electron chi connectivity index (χ4n) is 2.46. The summed E-state index contributed by atoms with van der Waals surface area (Å²) in [6.45, 7) is 0.828. The predicted octanol–water partition coefficient (Wildman–Crippen LogP) is 1.82. The van der Waals surface area contributed by atoms with Crippen molar-refractivity contribution in [1.82, 2.24) is 0 Å². The van der Waals surface area contributed by atoms with E-state index in [1.165, 1.54) is 0 Å². The van der Waals surface area contributed by atoms with Gasteiger partial charge in [-0.3, -0.25) is 9.59 Å². The number of hydrogen-bond donors (Lipinski definition) is 0. The molecule has 2 fully saturated rings. The van der Waals surface area contributed by atoms with E-state index in [0.29, 0.717) is 26.1 Å². The van der Waals surface area contributed by atoms with Gasteiger partial charge in [-0.05, 0) is 25.7 Å². The Morgan fingerprint density at radius 2 is 1.25 bits per heavy atom. The van der Waals surface area contributed by atoms with E-state index in [4.69, 9.17) is 9.47 Å². The Hall–Kier alpha value is -1.06. The van der Waals surface area contributed by atoms with Gasteiger partial charge in [0.1, 0.15) is 0 Å². The average molecular weight is 226 g/mol. The molecule has 0 N–H and O–H groups in total. The number of carbonyl (C=O) groups excluding carboxylic acids is 2. The van der Waals surface area contributed by atoms with Crippen LogP contribution in [0.3, 0.4) is 0 Å². The highest BCUT2D eigenvalue weighted by Gasteiger charge is 2.49. The first-order chi connectivity index (χ1) is 7.76. The van der Waals surface area contributed by atoms with Crippen LogP contribution < -0.4 is 0 Å². The number of hydrogen-bond acceptors (Lipinski definition) is 4. The highest BCUT2D eigenvalue weighted by Crippen LogP contribution is 2.39. The Labute approximate surface area is 95.3 Å². The normalized spacial score (nSPS) is 26.2. The van der Waals surface area contributed by atoms with E-state index >= 15 is 0 Å². The summed E-state index contributed by atoms with van der Waals surface area (Å²) < 4.78 is 10.4. The minimum absolute atomic E-state index is 0.362. The van der Waals surface area contributed by atoms with E-state index in [-0.39, 0.29) is 11.9 Å². The molecule has 90 valence electrons. The van der Waals surface area contributed by atoms with Gasteiger partial charge >= 0.3 is 11.9 Å². The first-order valence-electron chi connectivity index (χ1n) is 6.10. The van der Waals surface area contributed by atoms with Crippen LogP contribution in [0, 0.1) is 5.41 Å². The second-order valence-electron chi connectivity index (χ2n) is 4.62. The number of esters is 2. The van der Waals surface area contributed by atoms with Gasteiger partial charge in [-0.25, -0.2) is 0 Å². The van der Waals surface area contributed by atoms with E-state index in [1.54, 1.807) is 0 Å². The lowest BCUT2D eigenvalue weighted by molar-refractivity contribution is -0.173. The number of carbonyl (C=O) groups is 2. The highest BCUT2D eigenvalue weighted by molar-refractivity contribution is 6.00. The van der Waals surface area contributed by atoms with Gasteiger partial charge in [-0.2, -0.15) is 0 Å². The zero-order valence-electron chi connectivity index (χ0n) is 9.50. The van der Waals surface area contributed by atoms with Crippen LogP contribution in [-0.4, -0.2) is 25.2 Å². The quantitative estimate of drug-likeness (QED) is 0.467. The summed E-state index contributed by atoms with van der Waals surface area (Å²) in [4.78, 5) is 24.0. The van der Waals surface area contributed by atoms with Crippen molar-refractivity contribution >= 4 is 11.9 Å². The topological polar surface area (TPSA) is 52.6 Å². The Bertz CT molecular complexity index is 257. The van der Waals surface area contributed by atoms with Crippen molar-refractivity contribution in [3.63, 3.8) is 0 Å². The SMILES string of the molecule is O=C1OCCCCOC(=O)C12CCCCC2. The van der Waals surface area contributed by atoms with Crippen LogP contribution in [-0.2, 0) is 19.1 Å². The minimum atomic E-state index is -0.984. The first kappa shape index (κ1) is 11.4. The van der Waals surface area contributed by atoms with Gasteiger partial charge in [0.05, 0.1) is 13.2 Å². The molecule has 1 saturated heterocycles. The third kappa shape index (κ3) is 2.06. The molecule has 0 aromatic carbocycles. The number of rotatable bonds is 0. The molecule has 0 aromatic rings. The molecular weight excluding hydrogens is 208 g/mol. The summed E-state index contributed by atoms with van der Waals surface area (Å²) in [5.41, 5.74) is -0.984. The molecule has 1 aliphatic carbocycles. The van der Waals surface area contributed by atoms with Crippen LogP contribution in [0.25, 0.3) is 0 Å². The molecule has 16 heavy (non-hydrogen) atoms. The molecule has 2 aliphatic rings. The summed E-state index contributed by atoms with van der Waals surface area (Å²) in [5, 5.41) is 0. The molecule has 0 unspecified atom stereocenters. The lowest BCUT2D eigenvalue weighted by atomic mass is 9.74. The Morgan fingerprint density at radius 1 is 0.750 bits per heavy atom. The van der Waals surface area contributed by atoms with Crippen molar-refractivity contribution in [3.05, 3.63) is 0 Å². The van der Waals surface area contributed by atoms with E-state index in [2.05, 4.69) is 0 Å². The second kappa shape index (κ2) is 4.85. The lowest BCUT2D eigenvalue weighted by Crippen LogP contribution is -2.43. The molecule has 1 saturated carbocycles. The summed E-state index contributed by atoms with van der Waals surface area (Å²) in [6, 6.07) is 0. The van der Waals surface area contributed by atoms with Crippen molar-refractivity contribution in [1.29, 1.82) is 0 Å². The molecule has 4 heteroatoms. The van der Waals surface area contributed by atoms with E-state index < -0.39 is 5.41 Å². The highest BCUT2D eigenvalue weighted by atomic mass is 16.6. The largest absolute Gasteiger partial charge is 0.465 e. The van der Waals surface area contributed by atoms with Crippen molar-refractivity contribution in [2.24, 2.45) is 5.41 Å². The molecule has 2 rings (SSSR count). The monoisotopic (exact) mass is 226 g/mol. The molecule has 0 amide bonds. The Kier molecular flexibility index (Phi) is 3.46. The fourth-order valence-corrected chi connectivity index (χ4v) is 2.46. The summed E-state index contributed by atoms with van der Waals surface area (Å²) in [7, 11) is 0. The van der Waals surface area contributed by atoms with E-state index in [9.17, 15) is 9.59 Å². The molecule has 1 heterocycles. The summed E-state index contributed by atoms with van der Waals surface area (Å²) in [5.74, 6) is -0.724. The standard InChI is InChI=1S/C12H18O4/c13-10-12(6-2-1-3-7-12)11(14)16-9-5-4-8-15-10/h1-9H2. The molecule has 0 aromatic heterocycles. The van der Waals surface area contributed by atoms with E-state index in [0.717, 1.165) is 32.1 Å². The molecule has 0 atom stereocenters. The predicted molar refractivity (Wildman–Crippen MR) is 56.7 cm³/mol. The zero-order chi connectivity index (χ0) is 11.4. The Balaban J connectivity index is 2.19. The van der Waals surface area contributed by atoms with Crippen molar-refractivity contribution in [2.75, 3.05) is 13.2 Å². The third-order valence-corrected chi connectivity index (χ3v) is 3.49. The summed E-state index contributed by atoms with van der Waals surface area (Å²) >= 11 is 0. The van der Waals surface area contributed by atoms with Gasteiger partial charge in [0.2, 0.25) is 0 Å². The van der Waals surface area contributed by atoms with Crippen LogP contribution in [0.5, 0.6) is 0 Å². The molecule has 1 spiro atoms. The number of cyclic esters (lactones) is 2. The fraction of sp³-hybridized carbons (Fsp3) is 0.833. The molecular formula is C12H18O4. The van der Waals surface area contributed by atoms with Crippen LogP contribution in [0.2, 0.25) is 0 Å². The van der Waals surface area contributed by atoms with Crippen LogP contribution >= 0.6 is 0 Å². The van der Waals surface area contributed by atoms with Gasteiger partial charge in [0, 0.05) is 0 Å². The first-order valence-corrected chi connectivity index (χ1v) is 6.10. The average Bonchev–Trinajstić information content (AvgIpc) is 2.38. The zero-order valence-corrected chi connectivity index (χ0v) is 9.50. The van der Waals surface area contributed by atoms with Crippen molar-refractivity contribution < 1.29 is 19.1 Å². The molecule has 1 aliphatic heterocycles. The lowest BCUT2D eigenvalue weighted by Gasteiger charge is -2.31. The summed E-state index contributed by atoms with van der Waals surface area (Å²) in [6.07, 6.45) is 5.62. The van der Waals surface area contributed by atoms with Crippen molar-refractivity contribution in [3.8, 4) is 0 Å². The van der Waals surface area contributed by atoms with Gasteiger partial charge in [0.25, 0.3) is 0 Å². The third-order valence-electron chi connectivity index (χ3n) is 3.49.